The van der Waals surface area contributed by atoms with E-state index in [1.807, 2.05) is 0 Å². The first-order chi connectivity index (χ1) is 10.5. The van der Waals surface area contributed by atoms with Gasteiger partial charge in [0.05, 0.1) is 14.2 Å². The summed E-state index contributed by atoms with van der Waals surface area (Å²) in [5, 5.41) is 0. The Hall–Kier alpha value is -1.38. The predicted molar refractivity (Wildman–Crippen MR) is 80.1 cm³/mol. The molecule has 22 heavy (non-hydrogen) atoms. The van der Waals surface area contributed by atoms with Crippen molar-refractivity contribution in [3.63, 3.8) is 0 Å². The van der Waals surface area contributed by atoms with Crippen molar-refractivity contribution in [1.82, 2.24) is 4.31 Å². The summed E-state index contributed by atoms with van der Waals surface area (Å²) in [6, 6.07) is 1.88. The number of nitrogens with zero attached hydrogens (tertiary/aromatic N) is 1. The molecule has 0 saturated carbocycles. The van der Waals surface area contributed by atoms with Crippen LogP contribution in [0.15, 0.2) is 17.0 Å². The Morgan fingerprint density at radius 1 is 1.27 bits per heavy atom. The van der Waals surface area contributed by atoms with Gasteiger partial charge in [-0.25, -0.2) is 12.8 Å². The van der Waals surface area contributed by atoms with Gasteiger partial charge in [0.1, 0.15) is 10.7 Å². The minimum Gasteiger partial charge on any atom is -0.493 e. The van der Waals surface area contributed by atoms with Gasteiger partial charge in [-0.2, -0.15) is 4.31 Å². The van der Waals surface area contributed by atoms with Crippen LogP contribution in [0.25, 0.3) is 0 Å². The van der Waals surface area contributed by atoms with E-state index in [1.54, 1.807) is 0 Å². The maximum Gasteiger partial charge on any atom is 0.246 e. The zero-order valence-corrected chi connectivity index (χ0v) is 13.5. The molecule has 0 radical (unpaired) electrons. The van der Waals surface area contributed by atoms with Gasteiger partial charge in [-0.05, 0) is 12.8 Å². The monoisotopic (exact) mass is 332 g/mol. The normalized spacial score (nSPS) is 19.9. The first kappa shape index (κ1) is 17.0. The number of rotatable bonds is 5. The smallest absolute Gasteiger partial charge is 0.246 e. The summed E-state index contributed by atoms with van der Waals surface area (Å²) in [6.45, 7) is 0.562. The lowest BCUT2D eigenvalue weighted by atomic mass is 10.1. The molecule has 8 heteroatoms. The highest BCUT2D eigenvalue weighted by Gasteiger charge is 2.35. The number of piperidine rings is 1. The van der Waals surface area contributed by atoms with Gasteiger partial charge in [0.2, 0.25) is 10.0 Å². The van der Waals surface area contributed by atoms with Crippen molar-refractivity contribution < 1.29 is 22.3 Å². The average molecular weight is 332 g/mol. The van der Waals surface area contributed by atoms with Gasteiger partial charge >= 0.3 is 0 Å². The van der Waals surface area contributed by atoms with Crippen LogP contribution < -0.4 is 15.2 Å². The van der Waals surface area contributed by atoms with E-state index in [0.717, 1.165) is 25.0 Å². The largest absolute Gasteiger partial charge is 0.493 e. The van der Waals surface area contributed by atoms with Crippen LogP contribution in [-0.2, 0) is 10.0 Å². The van der Waals surface area contributed by atoms with E-state index in [2.05, 4.69) is 0 Å². The third-order valence-corrected chi connectivity index (χ3v) is 5.84. The molecule has 0 aliphatic carbocycles. The molecule has 0 bridgehead atoms. The van der Waals surface area contributed by atoms with Crippen molar-refractivity contribution in [1.29, 1.82) is 0 Å². The van der Waals surface area contributed by atoms with Crippen LogP contribution in [-0.4, -0.2) is 46.1 Å². The maximum absolute atomic E-state index is 14.3. The minimum atomic E-state index is -3.97. The van der Waals surface area contributed by atoms with Crippen molar-refractivity contribution in [3.8, 4) is 11.5 Å². The van der Waals surface area contributed by atoms with Gasteiger partial charge in [-0.1, -0.05) is 6.42 Å². The number of halogens is 1. The third kappa shape index (κ3) is 3.04. The van der Waals surface area contributed by atoms with Gasteiger partial charge < -0.3 is 15.2 Å². The lowest BCUT2D eigenvalue weighted by Gasteiger charge is -2.34. The molecule has 1 atom stereocenters. The number of benzene rings is 1. The van der Waals surface area contributed by atoms with E-state index in [-0.39, 0.29) is 24.1 Å². The number of hydrogen-bond donors (Lipinski definition) is 1. The minimum absolute atomic E-state index is 0.146. The Morgan fingerprint density at radius 2 is 1.91 bits per heavy atom. The Kier molecular flexibility index (Phi) is 5.25. The van der Waals surface area contributed by atoms with E-state index < -0.39 is 20.7 Å². The van der Waals surface area contributed by atoms with Crippen LogP contribution in [0.2, 0.25) is 0 Å². The first-order valence-electron chi connectivity index (χ1n) is 7.09. The SMILES string of the molecule is COc1cc(F)c(S(=O)(=O)N2CCCC[C@@H]2CN)cc1OC. The molecule has 2 N–H and O–H groups in total. The fourth-order valence-electron chi connectivity index (χ4n) is 2.69. The summed E-state index contributed by atoms with van der Waals surface area (Å²) >= 11 is 0. The van der Waals surface area contributed by atoms with Crippen molar-refractivity contribution in [2.75, 3.05) is 27.3 Å². The molecule has 1 heterocycles. The topological polar surface area (TPSA) is 81.9 Å². The van der Waals surface area contributed by atoms with Gasteiger partial charge in [0.15, 0.2) is 11.5 Å². The molecule has 0 aromatic heterocycles. The molecule has 1 fully saturated rings. The highest BCUT2D eigenvalue weighted by Crippen LogP contribution is 2.34. The zero-order chi connectivity index (χ0) is 16.3. The Balaban J connectivity index is 2.48. The summed E-state index contributed by atoms with van der Waals surface area (Å²) in [6.07, 6.45) is 2.34. The van der Waals surface area contributed by atoms with E-state index >= 15 is 0 Å². The molecule has 1 aromatic carbocycles. The second-order valence-corrected chi connectivity index (χ2v) is 7.00. The molecule has 0 unspecified atom stereocenters. The Morgan fingerprint density at radius 3 is 2.50 bits per heavy atom. The molecule has 1 saturated heterocycles. The van der Waals surface area contributed by atoms with Gasteiger partial charge in [-0.3, -0.25) is 0 Å². The number of hydrogen-bond acceptors (Lipinski definition) is 5. The number of sulfonamides is 1. The summed E-state index contributed by atoms with van der Waals surface area (Å²) in [7, 11) is -1.24. The standard InChI is InChI=1S/C14H21FN2O4S/c1-20-12-7-11(15)14(8-13(12)21-2)22(18,19)17-6-4-3-5-10(17)9-16/h7-8,10H,3-6,9,16H2,1-2H3/t10-/m1/s1. The second kappa shape index (κ2) is 6.80. The molecule has 2 rings (SSSR count). The average Bonchev–Trinajstić information content (AvgIpc) is 2.54. The highest BCUT2D eigenvalue weighted by atomic mass is 32.2. The number of nitrogens with two attached hydrogens (primary N) is 1. The summed E-state index contributed by atoms with van der Waals surface area (Å²) in [5.41, 5.74) is 5.66. The van der Waals surface area contributed by atoms with E-state index in [9.17, 15) is 12.8 Å². The molecule has 0 spiro atoms. The van der Waals surface area contributed by atoms with Gasteiger partial charge in [0, 0.05) is 31.3 Å². The summed E-state index contributed by atoms with van der Waals surface area (Å²) < 4.78 is 51.2. The van der Waals surface area contributed by atoms with Crippen molar-refractivity contribution in [2.24, 2.45) is 5.73 Å². The quantitative estimate of drug-likeness (QED) is 0.880. The lowest BCUT2D eigenvalue weighted by molar-refractivity contribution is 0.256. The zero-order valence-electron chi connectivity index (χ0n) is 12.7. The lowest BCUT2D eigenvalue weighted by Crippen LogP contribution is -2.47. The number of ether oxygens (including phenoxy) is 2. The highest BCUT2D eigenvalue weighted by molar-refractivity contribution is 7.89. The Bertz CT molecular complexity index is 636. The van der Waals surface area contributed by atoms with Crippen LogP contribution in [0.5, 0.6) is 11.5 Å². The molecule has 1 aliphatic heterocycles. The van der Waals surface area contributed by atoms with Gasteiger partial charge in [-0.15, -0.1) is 0 Å². The predicted octanol–water partition coefficient (Wildman–Crippen LogP) is 1.34. The van der Waals surface area contributed by atoms with Crippen molar-refractivity contribution in [3.05, 3.63) is 17.9 Å². The summed E-state index contributed by atoms with van der Waals surface area (Å²) in [4.78, 5) is -0.412. The van der Waals surface area contributed by atoms with E-state index in [1.165, 1.54) is 18.5 Å². The molecule has 0 amide bonds. The third-order valence-electron chi connectivity index (χ3n) is 3.87. The second-order valence-electron chi connectivity index (χ2n) is 5.14. The van der Waals surface area contributed by atoms with Crippen LogP contribution in [0.1, 0.15) is 19.3 Å². The van der Waals surface area contributed by atoms with E-state index in [0.29, 0.717) is 13.0 Å². The van der Waals surface area contributed by atoms with Crippen molar-refractivity contribution >= 4 is 10.0 Å². The number of methoxy groups -OCH3 is 2. The molecular weight excluding hydrogens is 311 g/mol. The van der Waals surface area contributed by atoms with Crippen LogP contribution in [0.4, 0.5) is 4.39 Å². The molecular formula is C14H21FN2O4S. The molecule has 1 aliphatic rings. The van der Waals surface area contributed by atoms with Crippen LogP contribution in [0, 0.1) is 5.82 Å². The fraction of sp³-hybridized carbons (Fsp3) is 0.571. The van der Waals surface area contributed by atoms with Crippen LogP contribution in [0.3, 0.4) is 0 Å². The molecule has 6 nitrogen and oxygen atoms in total. The summed E-state index contributed by atoms with van der Waals surface area (Å²) in [5.74, 6) is -0.546. The molecule has 124 valence electrons. The molecule has 1 aromatic rings. The maximum atomic E-state index is 14.3. The van der Waals surface area contributed by atoms with Crippen molar-refractivity contribution in [2.45, 2.75) is 30.2 Å². The van der Waals surface area contributed by atoms with E-state index in [4.69, 9.17) is 15.2 Å². The first-order valence-corrected chi connectivity index (χ1v) is 8.53. The van der Waals surface area contributed by atoms with Gasteiger partial charge in [0.25, 0.3) is 0 Å². The fourth-order valence-corrected chi connectivity index (χ4v) is 4.45. The van der Waals surface area contributed by atoms with Crippen LogP contribution >= 0.6 is 0 Å². The Labute approximate surface area is 130 Å².